The summed E-state index contributed by atoms with van der Waals surface area (Å²) in [6, 6.07) is 0. The molecule has 0 N–H and O–H groups in total. The molecule has 0 saturated heterocycles. The number of carbonyl (C=O) groups is 6. The highest BCUT2D eigenvalue weighted by molar-refractivity contribution is 6.20. The minimum absolute atomic E-state index is 0.0544. The molecule has 0 aromatic heterocycles. The van der Waals surface area contributed by atoms with Crippen LogP contribution in [-0.4, -0.2) is 63.9 Å². The molecule has 0 bridgehead atoms. The lowest BCUT2D eigenvalue weighted by Crippen LogP contribution is -2.52. The highest BCUT2D eigenvalue weighted by Gasteiger charge is 2.85. The molecule has 0 aromatic rings. The maximum absolute atomic E-state index is 14.0. The zero-order valence-corrected chi connectivity index (χ0v) is 21.2. The fraction of sp³-hybridized carbons (Fsp3) is 0.692. The van der Waals surface area contributed by atoms with Crippen LogP contribution in [0.15, 0.2) is 12.2 Å². The van der Waals surface area contributed by atoms with E-state index in [1.165, 1.54) is 0 Å². The average molecular weight is 507 g/mol. The van der Waals surface area contributed by atoms with Crippen LogP contribution in [0.3, 0.4) is 0 Å². The Balaban J connectivity index is 2.46. The number of carbonyl (C=O) groups excluding carboxylic acids is 6. The van der Waals surface area contributed by atoms with Gasteiger partial charge in [0.1, 0.15) is 23.7 Å². The lowest BCUT2D eigenvalue weighted by Gasteiger charge is -2.47. The quantitative estimate of drug-likeness (QED) is 0.241. The minimum atomic E-state index is -1.72. The average Bonchev–Trinajstić information content (AvgIpc) is 3.20. The fourth-order valence-corrected chi connectivity index (χ4v) is 7.17. The molecule has 0 aromatic carbocycles. The van der Waals surface area contributed by atoms with Crippen LogP contribution >= 0.6 is 0 Å². The van der Waals surface area contributed by atoms with Gasteiger partial charge in [0.25, 0.3) is 0 Å². The second kappa shape index (κ2) is 10.9. The summed E-state index contributed by atoms with van der Waals surface area (Å²) in [5.41, 5.74) is -3.44. The Kier molecular flexibility index (Phi) is 8.36. The van der Waals surface area contributed by atoms with Crippen molar-refractivity contribution in [1.29, 1.82) is 0 Å². The van der Waals surface area contributed by atoms with Gasteiger partial charge in [0.05, 0.1) is 28.4 Å². The highest BCUT2D eigenvalue weighted by Crippen LogP contribution is 2.74. The zero-order chi connectivity index (χ0) is 26.7. The van der Waals surface area contributed by atoms with Crippen LogP contribution in [0, 0.1) is 34.5 Å². The summed E-state index contributed by atoms with van der Waals surface area (Å²) in [7, 11) is 4.39. The predicted octanol–water partition coefficient (Wildman–Crippen LogP) is 1.97. The molecule has 2 saturated carbocycles. The zero-order valence-electron chi connectivity index (χ0n) is 21.2. The second-order valence-electron chi connectivity index (χ2n) is 9.67. The molecule has 2 fully saturated rings. The van der Waals surface area contributed by atoms with Crippen molar-refractivity contribution in [2.75, 3.05) is 28.4 Å². The highest BCUT2D eigenvalue weighted by atomic mass is 16.5. The Morgan fingerprint density at radius 3 is 1.11 bits per heavy atom. The molecule has 198 valence electrons. The fourth-order valence-electron chi connectivity index (χ4n) is 7.17. The summed E-state index contributed by atoms with van der Waals surface area (Å²) in [6.07, 6.45) is 7.79. The van der Waals surface area contributed by atoms with Gasteiger partial charge in [0.15, 0.2) is 11.6 Å². The van der Waals surface area contributed by atoms with Gasteiger partial charge >= 0.3 is 23.9 Å². The van der Waals surface area contributed by atoms with Crippen molar-refractivity contribution in [2.24, 2.45) is 34.5 Å². The molecule has 10 nitrogen and oxygen atoms in total. The van der Waals surface area contributed by atoms with Crippen LogP contribution in [-0.2, 0) is 47.7 Å². The van der Waals surface area contributed by atoms with E-state index in [-0.39, 0.29) is 12.8 Å². The number of esters is 4. The maximum Gasteiger partial charge on any atom is 0.316 e. The number of hydrogen-bond acceptors (Lipinski definition) is 10. The van der Waals surface area contributed by atoms with Gasteiger partial charge < -0.3 is 18.9 Å². The normalized spacial score (nSPS) is 35.3. The van der Waals surface area contributed by atoms with Crippen molar-refractivity contribution in [3.8, 4) is 0 Å². The van der Waals surface area contributed by atoms with Crippen LogP contribution in [0.5, 0.6) is 0 Å². The van der Waals surface area contributed by atoms with Crippen molar-refractivity contribution >= 4 is 35.4 Å². The largest absolute Gasteiger partial charge is 0.468 e. The van der Waals surface area contributed by atoms with Crippen LogP contribution < -0.4 is 0 Å². The van der Waals surface area contributed by atoms with E-state index in [4.69, 9.17) is 18.9 Å². The summed E-state index contributed by atoms with van der Waals surface area (Å²) in [4.78, 5) is 81.1. The van der Waals surface area contributed by atoms with E-state index in [2.05, 4.69) is 12.2 Å². The van der Waals surface area contributed by atoms with E-state index in [0.717, 1.165) is 41.3 Å². The van der Waals surface area contributed by atoms with Gasteiger partial charge in [-0.25, -0.2) is 0 Å². The van der Waals surface area contributed by atoms with Gasteiger partial charge in [-0.3, -0.25) is 28.8 Å². The van der Waals surface area contributed by atoms with Gasteiger partial charge in [0.2, 0.25) is 0 Å². The maximum atomic E-state index is 14.0. The Labute approximate surface area is 210 Å². The molecular formula is C26H34O10. The number of ketones is 2. The number of Topliss-reactive ketones (excluding diaryl/α,β-unsaturated/α-hetero) is 2. The molecule has 0 radical (unpaired) electrons. The van der Waals surface area contributed by atoms with Crippen LogP contribution in [0.1, 0.15) is 51.4 Å². The van der Waals surface area contributed by atoms with E-state index in [9.17, 15) is 28.8 Å². The van der Waals surface area contributed by atoms with Gasteiger partial charge in [0, 0.05) is 10.8 Å². The molecule has 36 heavy (non-hydrogen) atoms. The smallest absolute Gasteiger partial charge is 0.316 e. The van der Waals surface area contributed by atoms with E-state index >= 15 is 0 Å². The molecule has 3 aliphatic rings. The first-order chi connectivity index (χ1) is 17.2. The van der Waals surface area contributed by atoms with E-state index in [0.29, 0.717) is 25.7 Å². The lowest BCUT2D eigenvalue weighted by molar-refractivity contribution is -0.170. The van der Waals surface area contributed by atoms with Crippen molar-refractivity contribution in [3.05, 3.63) is 12.2 Å². The topological polar surface area (TPSA) is 139 Å². The number of allylic oxidation sites excluding steroid dienone is 2. The molecule has 0 spiro atoms. The summed E-state index contributed by atoms with van der Waals surface area (Å²) >= 11 is 0. The molecule has 6 atom stereocenters. The van der Waals surface area contributed by atoms with Crippen molar-refractivity contribution < 1.29 is 47.7 Å². The standard InChI is InChI=1S/C26H34O10/c1-33-21(29)15-19(27)16(22(30)34-2)26-14-12-10-8-6-5-7-9-11-13-25(15,26)17(23(31)35-3)20(28)18(26)24(32)36-4/h5-6,15-18H,7-14H2,1-4H3/b6-5-/t15-,16-,17-,18+,25?,26?/m0/s1. The van der Waals surface area contributed by atoms with E-state index in [1.807, 2.05) is 0 Å². The first-order valence-corrected chi connectivity index (χ1v) is 12.2. The molecule has 10 heteroatoms. The van der Waals surface area contributed by atoms with Crippen molar-refractivity contribution in [1.82, 2.24) is 0 Å². The molecule has 3 aliphatic carbocycles. The number of methoxy groups -OCH3 is 4. The minimum Gasteiger partial charge on any atom is -0.468 e. The third kappa shape index (κ3) is 3.85. The van der Waals surface area contributed by atoms with Crippen LogP contribution in [0.2, 0.25) is 0 Å². The van der Waals surface area contributed by atoms with Crippen LogP contribution in [0.4, 0.5) is 0 Å². The summed E-state index contributed by atoms with van der Waals surface area (Å²) in [6.45, 7) is 0. The molecule has 0 aliphatic heterocycles. The monoisotopic (exact) mass is 506 g/mol. The van der Waals surface area contributed by atoms with Crippen LogP contribution in [0.25, 0.3) is 0 Å². The molecule has 2 unspecified atom stereocenters. The lowest BCUT2D eigenvalue weighted by atomic mass is 9.53. The second-order valence-corrected chi connectivity index (χ2v) is 9.67. The molecule has 3 rings (SSSR count). The first kappa shape index (κ1) is 27.5. The SMILES string of the molecule is COC(=O)[C@@H]1C(=O)[C@@H](C(=O)OC)C23CCCC/C=C\CCCCC12[C@H](C(=O)OC)C(=O)[C@@H]3C(=O)OC. The number of rotatable bonds is 4. The predicted molar refractivity (Wildman–Crippen MR) is 123 cm³/mol. The molecule has 0 heterocycles. The van der Waals surface area contributed by atoms with Crippen molar-refractivity contribution in [3.63, 3.8) is 0 Å². The summed E-state index contributed by atoms with van der Waals surface area (Å²) in [5, 5.41) is 0. The first-order valence-electron chi connectivity index (χ1n) is 12.2. The number of hydrogen-bond donors (Lipinski definition) is 0. The van der Waals surface area contributed by atoms with Gasteiger partial charge in [-0.05, 0) is 38.5 Å². The Morgan fingerprint density at radius 1 is 0.583 bits per heavy atom. The molecular weight excluding hydrogens is 472 g/mol. The number of ether oxygens (including phenoxy) is 4. The van der Waals surface area contributed by atoms with Gasteiger partial charge in [-0.1, -0.05) is 25.0 Å². The van der Waals surface area contributed by atoms with Crippen molar-refractivity contribution in [2.45, 2.75) is 51.4 Å². The Hall–Kier alpha value is -3.04. The molecule has 0 amide bonds. The Bertz CT molecular complexity index is 836. The summed E-state index contributed by atoms with van der Waals surface area (Å²) < 4.78 is 20.0. The van der Waals surface area contributed by atoms with E-state index < -0.39 is 69.9 Å². The van der Waals surface area contributed by atoms with E-state index in [1.54, 1.807) is 0 Å². The van der Waals surface area contributed by atoms with Gasteiger partial charge in [-0.2, -0.15) is 0 Å². The van der Waals surface area contributed by atoms with Gasteiger partial charge in [-0.15, -0.1) is 0 Å². The third-order valence-electron chi connectivity index (χ3n) is 8.40. The third-order valence-corrected chi connectivity index (χ3v) is 8.40. The summed E-state index contributed by atoms with van der Waals surface area (Å²) in [5.74, 6) is -12.0. The Morgan fingerprint density at radius 2 is 0.861 bits per heavy atom.